The fraction of sp³-hybridized carbons (Fsp3) is 0.529. The molecule has 1 aliphatic heterocycles. The van der Waals surface area contributed by atoms with E-state index in [0.717, 1.165) is 32.7 Å². The fourth-order valence-electron chi connectivity index (χ4n) is 2.59. The largest absolute Gasteiger partial charge is 0.340 e. The molecule has 23 heavy (non-hydrogen) atoms. The highest BCUT2D eigenvalue weighted by atomic mass is 16.2. The van der Waals surface area contributed by atoms with Gasteiger partial charge in [0.1, 0.15) is 0 Å². The van der Waals surface area contributed by atoms with Crippen molar-refractivity contribution in [3.05, 3.63) is 35.9 Å². The molecule has 0 radical (unpaired) electrons. The molecule has 0 saturated carbocycles. The summed E-state index contributed by atoms with van der Waals surface area (Å²) in [6.45, 7) is 4.62. The van der Waals surface area contributed by atoms with Crippen LogP contribution >= 0.6 is 0 Å². The number of carbonyl (C=O) groups is 2. The molecule has 2 rings (SSSR count). The number of nitrogens with one attached hydrogen (secondary N) is 1. The minimum absolute atomic E-state index is 0.114. The standard InChI is InChI=1S/C17H26N4O2/c1-19(2)17(23)18-9-8-16(22)21-12-10-20(11-13-21)14-15-6-4-3-5-7-15/h3-7H,8-14H2,1-2H3,(H,18,23). The lowest BCUT2D eigenvalue weighted by Crippen LogP contribution is -2.49. The third-order valence-corrected chi connectivity index (χ3v) is 4.00. The zero-order valence-corrected chi connectivity index (χ0v) is 14.0. The van der Waals surface area contributed by atoms with Crippen LogP contribution in [0.15, 0.2) is 30.3 Å². The number of amides is 3. The van der Waals surface area contributed by atoms with Crippen LogP contribution < -0.4 is 5.32 Å². The van der Waals surface area contributed by atoms with Crippen molar-refractivity contribution in [1.29, 1.82) is 0 Å². The zero-order chi connectivity index (χ0) is 16.7. The van der Waals surface area contributed by atoms with E-state index < -0.39 is 0 Å². The van der Waals surface area contributed by atoms with Gasteiger partial charge in [0.25, 0.3) is 0 Å². The normalized spacial score (nSPS) is 15.3. The van der Waals surface area contributed by atoms with E-state index in [1.54, 1.807) is 14.1 Å². The van der Waals surface area contributed by atoms with Gasteiger partial charge in [-0.1, -0.05) is 30.3 Å². The molecular formula is C17H26N4O2. The summed E-state index contributed by atoms with van der Waals surface area (Å²) in [5, 5.41) is 2.72. The number of nitrogens with zero attached hydrogens (tertiary/aromatic N) is 3. The van der Waals surface area contributed by atoms with Crippen LogP contribution in [-0.2, 0) is 11.3 Å². The van der Waals surface area contributed by atoms with Crippen molar-refractivity contribution in [2.24, 2.45) is 0 Å². The Kier molecular flexibility index (Phi) is 6.40. The summed E-state index contributed by atoms with van der Waals surface area (Å²) in [6.07, 6.45) is 0.359. The van der Waals surface area contributed by atoms with Crippen LogP contribution in [0.5, 0.6) is 0 Å². The summed E-state index contributed by atoms with van der Waals surface area (Å²) in [5.41, 5.74) is 1.30. The van der Waals surface area contributed by atoms with Crippen LogP contribution in [0.3, 0.4) is 0 Å². The third kappa shape index (κ3) is 5.56. The summed E-state index contributed by atoms with van der Waals surface area (Å²) in [5.74, 6) is 0.114. The third-order valence-electron chi connectivity index (χ3n) is 4.00. The highest BCUT2D eigenvalue weighted by Crippen LogP contribution is 2.09. The molecule has 0 spiro atoms. The molecule has 1 aromatic carbocycles. The Labute approximate surface area is 138 Å². The number of piperazine rings is 1. The quantitative estimate of drug-likeness (QED) is 0.881. The minimum atomic E-state index is -0.162. The Balaban J connectivity index is 1.67. The Hall–Kier alpha value is -2.08. The maximum absolute atomic E-state index is 12.2. The lowest BCUT2D eigenvalue weighted by molar-refractivity contribution is -0.132. The lowest BCUT2D eigenvalue weighted by atomic mass is 10.2. The highest BCUT2D eigenvalue weighted by Gasteiger charge is 2.20. The summed E-state index contributed by atoms with van der Waals surface area (Å²) < 4.78 is 0. The molecule has 3 amide bonds. The van der Waals surface area contributed by atoms with Gasteiger partial charge in [0, 0.05) is 59.8 Å². The van der Waals surface area contributed by atoms with Crippen LogP contribution in [0.25, 0.3) is 0 Å². The zero-order valence-electron chi connectivity index (χ0n) is 14.0. The van der Waals surface area contributed by atoms with Gasteiger partial charge >= 0.3 is 6.03 Å². The molecule has 6 heteroatoms. The van der Waals surface area contributed by atoms with Crippen molar-refractivity contribution in [1.82, 2.24) is 20.0 Å². The van der Waals surface area contributed by atoms with Gasteiger partial charge in [-0.3, -0.25) is 9.69 Å². The molecule has 126 valence electrons. The van der Waals surface area contributed by atoms with Gasteiger partial charge in [0.15, 0.2) is 0 Å². The molecule has 0 aliphatic carbocycles. The van der Waals surface area contributed by atoms with Crippen molar-refractivity contribution in [2.45, 2.75) is 13.0 Å². The molecule has 1 fully saturated rings. The predicted octanol–water partition coefficient (Wildman–Crippen LogP) is 0.992. The van der Waals surface area contributed by atoms with Gasteiger partial charge in [-0.2, -0.15) is 0 Å². The molecule has 0 atom stereocenters. The summed E-state index contributed by atoms with van der Waals surface area (Å²) >= 11 is 0. The van der Waals surface area contributed by atoms with E-state index in [0.29, 0.717) is 13.0 Å². The molecule has 0 bridgehead atoms. The summed E-state index contributed by atoms with van der Waals surface area (Å²) in [6, 6.07) is 10.2. The van der Waals surface area contributed by atoms with E-state index in [9.17, 15) is 9.59 Å². The van der Waals surface area contributed by atoms with Gasteiger partial charge in [-0.15, -0.1) is 0 Å². The molecule has 1 aromatic rings. The first-order valence-corrected chi connectivity index (χ1v) is 8.05. The van der Waals surface area contributed by atoms with Gasteiger partial charge in [-0.05, 0) is 5.56 Å². The maximum atomic E-state index is 12.2. The molecule has 0 unspecified atom stereocenters. The van der Waals surface area contributed by atoms with Crippen LogP contribution in [0.4, 0.5) is 4.79 Å². The lowest BCUT2D eigenvalue weighted by Gasteiger charge is -2.34. The first-order valence-electron chi connectivity index (χ1n) is 8.05. The Bertz CT molecular complexity index is 511. The number of benzene rings is 1. The molecule has 1 N–H and O–H groups in total. The van der Waals surface area contributed by atoms with Crippen molar-refractivity contribution in [2.75, 3.05) is 46.8 Å². The second-order valence-electron chi connectivity index (χ2n) is 6.02. The van der Waals surface area contributed by atoms with Gasteiger partial charge in [0.2, 0.25) is 5.91 Å². The predicted molar refractivity (Wildman–Crippen MR) is 90.0 cm³/mol. The Morgan fingerprint density at radius 3 is 2.35 bits per heavy atom. The first kappa shape index (κ1) is 17.3. The van der Waals surface area contributed by atoms with E-state index in [2.05, 4.69) is 34.5 Å². The van der Waals surface area contributed by atoms with E-state index in [4.69, 9.17) is 0 Å². The van der Waals surface area contributed by atoms with Crippen LogP contribution in [-0.4, -0.2) is 73.5 Å². The van der Waals surface area contributed by atoms with Crippen LogP contribution in [0, 0.1) is 0 Å². The van der Waals surface area contributed by atoms with E-state index >= 15 is 0 Å². The summed E-state index contributed by atoms with van der Waals surface area (Å²) in [4.78, 5) is 29.3. The number of hydrogen-bond donors (Lipinski definition) is 1. The van der Waals surface area contributed by atoms with Gasteiger partial charge in [0.05, 0.1) is 0 Å². The minimum Gasteiger partial charge on any atom is -0.340 e. The van der Waals surface area contributed by atoms with Crippen molar-refractivity contribution < 1.29 is 9.59 Å². The number of rotatable bonds is 5. The molecule has 1 aliphatic rings. The topological polar surface area (TPSA) is 55.9 Å². The average molecular weight is 318 g/mol. The van der Waals surface area contributed by atoms with Gasteiger partial charge < -0.3 is 15.1 Å². The Morgan fingerprint density at radius 1 is 1.09 bits per heavy atom. The SMILES string of the molecule is CN(C)C(=O)NCCC(=O)N1CCN(Cc2ccccc2)CC1. The molecule has 1 saturated heterocycles. The van der Waals surface area contributed by atoms with E-state index in [1.807, 2.05) is 11.0 Å². The summed E-state index contributed by atoms with van der Waals surface area (Å²) in [7, 11) is 3.37. The molecule has 1 heterocycles. The second kappa shape index (κ2) is 8.53. The van der Waals surface area contributed by atoms with Crippen molar-refractivity contribution in [3.8, 4) is 0 Å². The maximum Gasteiger partial charge on any atom is 0.316 e. The van der Waals surface area contributed by atoms with E-state index in [-0.39, 0.29) is 11.9 Å². The van der Waals surface area contributed by atoms with Crippen molar-refractivity contribution >= 4 is 11.9 Å². The molecule has 6 nitrogen and oxygen atoms in total. The number of carbonyl (C=O) groups excluding carboxylic acids is 2. The van der Waals surface area contributed by atoms with Gasteiger partial charge in [-0.25, -0.2) is 4.79 Å². The molecule has 0 aromatic heterocycles. The highest BCUT2D eigenvalue weighted by molar-refractivity contribution is 5.78. The Morgan fingerprint density at radius 2 is 1.74 bits per heavy atom. The van der Waals surface area contributed by atoms with Crippen LogP contribution in [0.1, 0.15) is 12.0 Å². The number of hydrogen-bond acceptors (Lipinski definition) is 3. The average Bonchev–Trinajstić information content (AvgIpc) is 2.56. The first-order chi connectivity index (χ1) is 11.1. The van der Waals surface area contributed by atoms with Crippen molar-refractivity contribution in [3.63, 3.8) is 0 Å². The molecular weight excluding hydrogens is 292 g/mol. The van der Waals surface area contributed by atoms with E-state index in [1.165, 1.54) is 10.5 Å². The monoisotopic (exact) mass is 318 g/mol. The smallest absolute Gasteiger partial charge is 0.316 e. The van der Waals surface area contributed by atoms with Crippen LogP contribution in [0.2, 0.25) is 0 Å². The fourth-order valence-corrected chi connectivity index (χ4v) is 2.59. The second-order valence-corrected chi connectivity index (χ2v) is 6.02. The number of urea groups is 1.